The fraction of sp³-hybridized carbons (Fsp3) is 0.611. The van der Waals surface area contributed by atoms with Crippen LogP contribution in [-0.2, 0) is 9.47 Å². The van der Waals surface area contributed by atoms with Crippen molar-refractivity contribution in [2.75, 3.05) is 20.2 Å². The number of fused-ring (bicyclic) bond motifs is 2. The third-order valence-electron chi connectivity index (χ3n) is 4.64. The van der Waals surface area contributed by atoms with Crippen molar-refractivity contribution >= 4 is 5.96 Å². The van der Waals surface area contributed by atoms with Gasteiger partial charge >= 0.3 is 0 Å². The normalized spacial score (nSPS) is 27.9. The number of rotatable bonds is 6. The molecule has 2 aliphatic rings. The van der Waals surface area contributed by atoms with Crippen LogP contribution in [0.15, 0.2) is 35.3 Å². The number of nitrogens with zero attached hydrogens (tertiary/aromatic N) is 1. The van der Waals surface area contributed by atoms with Gasteiger partial charge < -0.3 is 20.1 Å². The van der Waals surface area contributed by atoms with Gasteiger partial charge in [-0.05, 0) is 31.7 Å². The number of benzene rings is 1. The van der Waals surface area contributed by atoms with E-state index < -0.39 is 0 Å². The number of methoxy groups -OCH3 is 1. The number of hydrogen-bond acceptors (Lipinski definition) is 3. The van der Waals surface area contributed by atoms with Gasteiger partial charge in [0.25, 0.3) is 0 Å². The fourth-order valence-electron chi connectivity index (χ4n) is 3.44. The Morgan fingerprint density at radius 2 is 2.17 bits per heavy atom. The van der Waals surface area contributed by atoms with Gasteiger partial charge in [0.1, 0.15) is 6.10 Å². The van der Waals surface area contributed by atoms with Crippen LogP contribution >= 0.6 is 0 Å². The molecule has 5 heteroatoms. The van der Waals surface area contributed by atoms with Gasteiger partial charge in [-0.1, -0.05) is 30.3 Å². The van der Waals surface area contributed by atoms with Crippen LogP contribution in [0.3, 0.4) is 0 Å². The largest absolute Gasteiger partial charge is 0.375 e. The fourth-order valence-corrected chi connectivity index (χ4v) is 3.44. The van der Waals surface area contributed by atoms with Crippen LogP contribution in [0.1, 0.15) is 37.9 Å². The molecule has 2 aliphatic heterocycles. The first kappa shape index (κ1) is 16.3. The van der Waals surface area contributed by atoms with E-state index in [9.17, 15) is 0 Å². The molecule has 23 heavy (non-hydrogen) atoms. The maximum absolute atomic E-state index is 5.91. The standard InChI is InChI=1S/C18H27N3O2/c1-3-19-18(21-15-11-14-9-10-16(15)23-14)20-12-17(22-2)13-7-5-4-6-8-13/h4-8,14-17H,3,9-12H2,1-2H3,(H2,19,20,21). The predicted octanol–water partition coefficient (Wildman–Crippen LogP) is 2.25. The second kappa shape index (κ2) is 7.79. The van der Waals surface area contributed by atoms with Crippen LogP contribution in [0.5, 0.6) is 0 Å². The molecule has 2 saturated heterocycles. The topological polar surface area (TPSA) is 54.9 Å². The first-order valence-electron chi connectivity index (χ1n) is 8.58. The second-order valence-electron chi connectivity index (χ2n) is 6.22. The van der Waals surface area contributed by atoms with Gasteiger partial charge in [0, 0.05) is 13.7 Å². The summed E-state index contributed by atoms with van der Waals surface area (Å²) in [6.45, 7) is 3.52. The second-order valence-corrected chi connectivity index (χ2v) is 6.22. The van der Waals surface area contributed by atoms with E-state index >= 15 is 0 Å². The number of aliphatic imine (C=N–C) groups is 1. The van der Waals surface area contributed by atoms with E-state index in [0.717, 1.165) is 30.9 Å². The van der Waals surface area contributed by atoms with Crippen molar-refractivity contribution in [1.29, 1.82) is 0 Å². The Kier molecular flexibility index (Phi) is 5.51. The molecular weight excluding hydrogens is 290 g/mol. The van der Waals surface area contributed by atoms with Gasteiger partial charge in [-0.25, -0.2) is 0 Å². The van der Waals surface area contributed by atoms with E-state index in [-0.39, 0.29) is 6.10 Å². The summed E-state index contributed by atoms with van der Waals surface area (Å²) in [5.41, 5.74) is 1.15. The summed E-state index contributed by atoms with van der Waals surface area (Å²) in [4.78, 5) is 4.72. The molecule has 0 aromatic heterocycles. The molecule has 0 aliphatic carbocycles. The zero-order chi connectivity index (χ0) is 16.1. The van der Waals surface area contributed by atoms with Crippen LogP contribution in [0.25, 0.3) is 0 Å². The molecule has 2 fully saturated rings. The molecule has 1 aromatic rings. The Balaban J connectivity index is 1.61. The van der Waals surface area contributed by atoms with Crippen molar-refractivity contribution in [2.24, 2.45) is 4.99 Å². The minimum atomic E-state index is -0.0251. The van der Waals surface area contributed by atoms with Gasteiger partial charge in [0.15, 0.2) is 5.96 Å². The third kappa shape index (κ3) is 4.03. The molecule has 0 spiro atoms. The van der Waals surface area contributed by atoms with Crippen LogP contribution in [-0.4, -0.2) is 44.4 Å². The summed E-state index contributed by atoms with van der Waals surface area (Å²) < 4.78 is 11.5. The van der Waals surface area contributed by atoms with Crippen molar-refractivity contribution in [2.45, 2.75) is 50.5 Å². The van der Waals surface area contributed by atoms with E-state index in [1.54, 1.807) is 7.11 Å². The molecule has 0 radical (unpaired) electrons. The molecule has 2 N–H and O–H groups in total. The summed E-state index contributed by atoms with van der Waals surface area (Å²) in [6, 6.07) is 10.6. The summed E-state index contributed by atoms with van der Waals surface area (Å²) >= 11 is 0. The first-order valence-corrected chi connectivity index (χ1v) is 8.58. The monoisotopic (exact) mass is 317 g/mol. The van der Waals surface area contributed by atoms with Crippen LogP contribution in [0.4, 0.5) is 0 Å². The molecule has 3 rings (SSSR count). The molecular formula is C18H27N3O2. The highest BCUT2D eigenvalue weighted by atomic mass is 16.5. The SMILES string of the molecule is CCNC(=NCC(OC)c1ccccc1)NC1CC2CCC1O2. The minimum Gasteiger partial charge on any atom is -0.375 e. The Morgan fingerprint density at radius 3 is 2.78 bits per heavy atom. The third-order valence-corrected chi connectivity index (χ3v) is 4.64. The highest BCUT2D eigenvalue weighted by molar-refractivity contribution is 5.80. The average Bonchev–Trinajstić information content (AvgIpc) is 3.19. The van der Waals surface area contributed by atoms with Crippen LogP contribution < -0.4 is 10.6 Å². The van der Waals surface area contributed by atoms with E-state index in [2.05, 4.69) is 29.7 Å². The number of hydrogen-bond donors (Lipinski definition) is 2. The smallest absolute Gasteiger partial charge is 0.191 e. The highest BCUT2D eigenvalue weighted by Crippen LogP contribution is 2.34. The molecule has 4 atom stereocenters. The van der Waals surface area contributed by atoms with Crippen molar-refractivity contribution < 1.29 is 9.47 Å². The summed E-state index contributed by atoms with van der Waals surface area (Å²) in [5, 5.41) is 6.87. The molecule has 2 bridgehead atoms. The molecule has 4 unspecified atom stereocenters. The molecule has 0 saturated carbocycles. The van der Waals surface area contributed by atoms with Crippen molar-refractivity contribution in [3.63, 3.8) is 0 Å². The van der Waals surface area contributed by atoms with E-state index in [0.29, 0.717) is 24.8 Å². The molecule has 5 nitrogen and oxygen atoms in total. The Labute approximate surface area is 138 Å². The number of ether oxygens (including phenoxy) is 2. The van der Waals surface area contributed by atoms with Gasteiger partial charge in [-0.15, -0.1) is 0 Å². The zero-order valence-corrected chi connectivity index (χ0v) is 14.0. The molecule has 0 amide bonds. The number of guanidine groups is 1. The predicted molar refractivity (Wildman–Crippen MR) is 91.6 cm³/mol. The summed E-state index contributed by atoms with van der Waals surface area (Å²) in [6.07, 6.45) is 4.21. The maximum atomic E-state index is 5.91. The number of nitrogens with one attached hydrogen (secondary N) is 2. The van der Waals surface area contributed by atoms with Crippen LogP contribution in [0, 0.1) is 0 Å². The van der Waals surface area contributed by atoms with Crippen molar-refractivity contribution in [1.82, 2.24) is 10.6 Å². The van der Waals surface area contributed by atoms with E-state index in [1.165, 1.54) is 6.42 Å². The van der Waals surface area contributed by atoms with Gasteiger partial charge in [-0.3, -0.25) is 4.99 Å². The Hall–Kier alpha value is -1.59. The molecule has 2 heterocycles. The summed E-state index contributed by atoms with van der Waals surface area (Å²) in [5.74, 6) is 0.853. The van der Waals surface area contributed by atoms with Gasteiger partial charge in [-0.2, -0.15) is 0 Å². The van der Waals surface area contributed by atoms with Crippen molar-refractivity contribution in [3.05, 3.63) is 35.9 Å². The highest BCUT2D eigenvalue weighted by Gasteiger charge is 2.41. The lowest BCUT2D eigenvalue weighted by Gasteiger charge is -2.23. The Bertz CT molecular complexity index is 520. The van der Waals surface area contributed by atoms with Gasteiger partial charge in [0.05, 0.1) is 24.8 Å². The zero-order valence-electron chi connectivity index (χ0n) is 14.0. The van der Waals surface area contributed by atoms with Crippen LogP contribution in [0.2, 0.25) is 0 Å². The average molecular weight is 317 g/mol. The lowest BCUT2D eigenvalue weighted by atomic mass is 9.96. The minimum absolute atomic E-state index is 0.0251. The molecule has 1 aromatic carbocycles. The lowest BCUT2D eigenvalue weighted by Crippen LogP contribution is -2.47. The van der Waals surface area contributed by atoms with E-state index in [1.807, 2.05) is 18.2 Å². The summed E-state index contributed by atoms with van der Waals surface area (Å²) in [7, 11) is 1.73. The quantitative estimate of drug-likeness (QED) is 0.624. The lowest BCUT2D eigenvalue weighted by molar-refractivity contribution is 0.0991. The first-order chi connectivity index (χ1) is 11.3. The molecule has 126 valence electrons. The Morgan fingerprint density at radius 1 is 1.35 bits per heavy atom. The maximum Gasteiger partial charge on any atom is 0.191 e. The van der Waals surface area contributed by atoms with E-state index in [4.69, 9.17) is 14.5 Å². The van der Waals surface area contributed by atoms with Gasteiger partial charge in [0.2, 0.25) is 0 Å². The van der Waals surface area contributed by atoms with Crippen molar-refractivity contribution in [3.8, 4) is 0 Å².